The number of carbonyl (C=O) groups excluding carboxylic acids is 1. The number of nitrogens with zero attached hydrogens (tertiary/aromatic N) is 1. The van der Waals surface area contributed by atoms with E-state index in [2.05, 4.69) is 5.32 Å². The van der Waals surface area contributed by atoms with Gasteiger partial charge in [0.1, 0.15) is 5.82 Å². The maximum atomic E-state index is 14.0. The molecule has 6 nitrogen and oxygen atoms in total. The number of carboxylic acid groups (broad SMARTS) is 1. The Morgan fingerprint density at radius 3 is 2.74 bits per heavy atom. The predicted molar refractivity (Wildman–Crippen MR) is 117 cm³/mol. The van der Waals surface area contributed by atoms with Crippen LogP contribution in [0, 0.1) is 11.7 Å². The molecule has 1 fully saturated rings. The molecule has 4 atom stereocenters. The summed E-state index contributed by atoms with van der Waals surface area (Å²) in [6.45, 7) is 2.50. The highest BCUT2D eigenvalue weighted by Gasteiger charge is 2.38. The average Bonchev–Trinajstić information content (AvgIpc) is 3.27. The summed E-state index contributed by atoms with van der Waals surface area (Å²) in [4.78, 5) is 26.2. The van der Waals surface area contributed by atoms with Gasteiger partial charge in [-0.25, -0.2) is 9.18 Å². The summed E-state index contributed by atoms with van der Waals surface area (Å²) in [5.41, 5.74) is 2.49. The summed E-state index contributed by atoms with van der Waals surface area (Å²) in [6, 6.07) is 10.9. The Labute approximate surface area is 182 Å². The van der Waals surface area contributed by atoms with Gasteiger partial charge in [-0.05, 0) is 47.7 Å². The number of carboxylic acids is 1. The minimum absolute atomic E-state index is 0.0252. The van der Waals surface area contributed by atoms with Crippen molar-refractivity contribution in [3.8, 4) is 0 Å². The third kappa shape index (κ3) is 4.49. The van der Waals surface area contributed by atoms with Crippen LogP contribution in [0.25, 0.3) is 0 Å². The van der Waals surface area contributed by atoms with Crippen LogP contribution in [0.15, 0.2) is 42.5 Å². The standard InChI is InChI=1S/C23H25FN2O4S/c1-14-19-6-5-17(23(28)29)10-20(19)26(22(14)16-3-2-4-18(24)9-16)12-21(27)25-11-15-7-8-31(30)13-15/h2-6,9-10,14-15,22H,7-8,11-13H2,1H3,(H,25,27)(H,28,29). The number of anilines is 1. The number of carbonyl (C=O) groups is 2. The van der Waals surface area contributed by atoms with E-state index in [-0.39, 0.29) is 41.7 Å². The Bertz CT molecular complexity index is 1040. The molecule has 2 N–H and O–H groups in total. The highest BCUT2D eigenvalue weighted by atomic mass is 32.2. The van der Waals surface area contributed by atoms with Crippen LogP contribution in [0.4, 0.5) is 10.1 Å². The van der Waals surface area contributed by atoms with Crippen LogP contribution in [-0.4, -0.2) is 45.8 Å². The number of rotatable bonds is 6. The van der Waals surface area contributed by atoms with E-state index in [0.29, 0.717) is 23.7 Å². The minimum atomic E-state index is -1.04. The summed E-state index contributed by atoms with van der Waals surface area (Å²) in [7, 11) is -0.799. The van der Waals surface area contributed by atoms with Crippen molar-refractivity contribution in [3.05, 3.63) is 65.0 Å². The Morgan fingerprint density at radius 1 is 1.26 bits per heavy atom. The zero-order valence-electron chi connectivity index (χ0n) is 17.2. The molecule has 1 amide bonds. The number of aromatic carboxylic acids is 1. The largest absolute Gasteiger partial charge is 0.478 e. The van der Waals surface area contributed by atoms with E-state index in [0.717, 1.165) is 17.5 Å². The number of hydrogen-bond acceptors (Lipinski definition) is 4. The van der Waals surface area contributed by atoms with E-state index in [1.165, 1.54) is 12.1 Å². The highest BCUT2D eigenvalue weighted by molar-refractivity contribution is 7.85. The second kappa shape index (κ2) is 8.78. The van der Waals surface area contributed by atoms with E-state index >= 15 is 0 Å². The van der Waals surface area contributed by atoms with Crippen molar-refractivity contribution in [2.75, 3.05) is 29.5 Å². The molecule has 2 aromatic rings. The number of halogens is 1. The van der Waals surface area contributed by atoms with Crippen LogP contribution >= 0.6 is 0 Å². The van der Waals surface area contributed by atoms with Crippen molar-refractivity contribution >= 4 is 28.4 Å². The van der Waals surface area contributed by atoms with Gasteiger partial charge in [0, 0.05) is 40.5 Å². The van der Waals surface area contributed by atoms with Gasteiger partial charge in [-0.15, -0.1) is 0 Å². The molecule has 0 saturated carbocycles. The number of benzene rings is 2. The van der Waals surface area contributed by atoms with Crippen LogP contribution in [0.2, 0.25) is 0 Å². The van der Waals surface area contributed by atoms with Crippen molar-refractivity contribution < 1.29 is 23.3 Å². The Kier molecular flexibility index (Phi) is 6.09. The molecule has 2 heterocycles. The molecule has 0 aliphatic carbocycles. The van der Waals surface area contributed by atoms with Crippen molar-refractivity contribution in [2.24, 2.45) is 5.92 Å². The average molecular weight is 445 g/mol. The first kappa shape index (κ1) is 21.5. The second-order valence-electron chi connectivity index (χ2n) is 8.26. The quantitative estimate of drug-likeness (QED) is 0.715. The monoisotopic (exact) mass is 444 g/mol. The molecule has 4 rings (SSSR count). The fourth-order valence-corrected chi connectivity index (χ4v) is 6.17. The van der Waals surface area contributed by atoms with Gasteiger partial charge in [0.2, 0.25) is 5.91 Å². The van der Waals surface area contributed by atoms with Crippen LogP contribution in [-0.2, 0) is 15.6 Å². The summed E-state index contributed by atoms with van der Waals surface area (Å²) < 4.78 is 25.5. The van der Waals surface area contributed by atoms with Crippen molar-refractivity contribution in [1.82, 2.24) is 5.32 Å². The van der Waals surface area contributed by atoms with Crippen LogP contribution < -0.4 is 10.2 Å². The topological polar surface area (TPSA) is 86.7 Å². The maximum Gasteiger partial charge on any atom is 0.335 e. The second-order valence-corrected chi connectivity index (χ2v) is 9.89. The molecule has 0 radical (unpaired) electrons. The molecule has 31 heavy (non-hydrogen) atoms. The number of hydrogen-bond donors (Lipinski definition) is 2. The molecule has 2 aliphatic heterocycles. The molecular weight excluding hydrogens is 419 g/mol. The zero-order chi connectivity index (χ0) is 22.1. The fourth-order valence-electron chi connectivity index (χ4n) is 4.60. The number of nitrogens with one attached hydrogen (secondary N) is 1. The summed E-state index contributed by atoms with van der Waals surface area (Å²) in [5.74, 6) is -0.139. The lowest BCUT2D eigenvalue weighted by molar-refractivity contribution is -0.120. The van der Waals surface area contributed by atoms with Crippen LogP contribution in [0.1, 0.15) is 46.8 Å². The van der Waals surface area contributed by atoms with E-state index in [9.17, 15) is 23.3 Å². The predicted octanol–water partition coefficient (Wildman–Crippen LogP) is 3.07. The van der Waals surface area contributed by atoms with Gasteiger partial charge in [0.25, 0.3) is 0 Å². The number of fused-ring (bicyclic) bond motifs is 1. The van der Waals surface area contributed by atoms with Crippen LogP contribution in [0.5, 0.6) is 0 Å². The van der Waals surface area contributed by atoms with E-state index in [1.54, 1.807) is 24.3 Å². The number of amides is 1. The van der Waals surface area contributed by atoms with Gasteiger partial charge in [0.15, 0.2) is 0 Å². The van der Waals surface area contributed by atoms with Gasteiger partial charge in [-0.2, -0.15) is 0 Å². The summed E-state index contributed by atoms with van der Waals surface area (Å²) >= 11 is 0. The summed E-state index contributed by atoms with van der Waals surface area (Å²) in [5, 5.41) is 12.4. The molecule has 2 aliphatic rings. The van der Waals surface area contributed by atoms with E-state index in [1.807, 2.05) is 17.9 Å². The fraction of sp³-hybridized carbons (Fsp3) is 0.391. The summed E-state index contributed by atoms with van der Waals surface area (Å²) in [6.07, 6.45) is 0.838. The highest BCUT2D eigenvalue weighted by Crippen LogP contribution is 2.48. The lowest BCUT2D eigenvalue weighted by Gasteiger charge is -2.29. The lowest BCUT2D eigenvalue weighted by atomic mass is 9.91. The zero-order valence-corrected chi connectivity index (χ0v) is 18.0. The normalized spacial score (nSPS) is 24.8. The molecule has 0 spiro atoms. The molecule has 0 aromatic heterocycles. The van der Waals surface area contributed by atoms with E-state index in [4.69, 9.17) is 0 Å². The van der Waals surface area contributed by atoms with Gasteiger partial charge in [0.05, 0.1) is 18.2 Å². The van der Waals surface area contributed by atoms with Gasteiger partial charge in [-0.1, -0.05) is 25.1 Å². The Hall–Kier alpha value is -2.74. The Balaban J connectivity index is 1.61. The van der Waals surface area contributed by atoms with E-state index < -0.39 is 16.8 Å². The Morgan fingerprint density at radius 2 is 2.06 bits per heavy atom. The molecule has 2 aromatic carbocycles. The van der Waals surface area contributed by atoms with Crippen molar-refractivity contribution in [2.45, 2.75) is 25.3 Å². The minimum Gasteiger partial charge on any atom is -0.478 e. The van der Waals surface area contributed by atoms with Crippen LogP contribution in [0.3, 0.4) is 0 Å². The van der Waals surface area contributed by atoms with Gasteiger partial charge in [-0.3, -0.25) is 9.00 Å². The third-order valence-corrected chi connectivity index (χ3v) is 7.69. The SMILES string of the molecule is CC1c2ccc(C(=O)O)cc2N(CC(=O)NCC2CCS(=O)C2)C1c1cccc(F)c1. The molecule has 1 saturated heterocycles. The molecule has 164 valence electrons. The first-order chi connectivity index (χ1) is 14.8. The van der Waals surface area contributed by atoms with Gasteiger partial charge < -0.3 is 15.3 Å². The molecule has 4 unspecified atom stereocenters. The third-order valence-electron chi connectivity index (χ3n) is 6.15. The molecule has 0 bridgehead atoms. The molecular formula is C23H25FN2O4S. The molecule has 8 heteroatoms. The maximum absolute atomic E-state index is 14.0. The first-order valence-corrected chi connectivity index (χ1v) is 11.8. The van der Waals surface area contributed by atoms with Gasteiger partial charge >= 0.3 is 5.97 Å². The smallest absolute Gasteiger partial charge is 0.335 e. The van der Waals surface area contributed by atoms with Crippen molar-refractivity contribution in [1.29, 1.82) is 0 Å². The first-order valence-electron chi connectivity index (χ1n) is 10.3. The van der Waals surface area contributed by atoms with Crippen molar-refractivity contribution in [3.63, 3.8) is 0 Å². The lowest BCUT2D eigenvalue weighted by Crippen LogP contribution is -2.40.